The summed E-state index contributed by atoms with van der Waals surface area (Å²) in [6.07, 6.45) is 2.37. The number of nitro groups is 1. The minimum absolute atomic E-state index is 0.0443. The number of benzene rings is 1. The molecule has 0 aliphatic carbocycles. The Morgan fingerprint density at radius 2 is 1.74 bits per heavy atom. The molecule has 9 nitrogen and oxygen atoms in total. The van der Waals surface area contributed by atoms with Crippen molar-refractivity contribution in [1.29, 1.82) is 0 Å². The van der Waals surface area contributed by atoms with E-state index in [2.05, 4.69) is 4.74 Å². The highest BCUT2D eigenvalue weighted by molar-refractivity contribution is 6.12. The van der Waals surface area contributed by atoms with Crippen LogP contribution in [0.3, 0.4) is 0 Å². The van der Waals surface area contributed by atoms with Gasteiger partial charge in [0, 0.05) is 24.3 Å². The van der Waals surface area contributed by atoms with Crippen molar-refractivity contribution in [3.8, 4) is 5.75 Å². The molecule has 0 atom stereocenters. The molecule has 1 heterocycles. The summed E-state index contributed by atoms with van der Waals surface area (Å²) in [6, 6.07) is 5.91. The van der Waals surface area contributed by atoms with Gasteiger partial charge in [-0.15, -0.1) is 0 Å². The molecule has 0 unspecified atom stereocenters. The Kier molecular flexibility index (Phi) is 6.92. The van der Waals surface area contributed by atoms with Crippen LogP contribution in [0.25, 0.3) is 0 Å². The molecule has 1 aliphatic rings. The summed E-state index contributed by atoms with van der Waals surface area (Å²) in [5.41, 5.74) is 0.0748. The molecule has 0 aromatic heterocycles. The van der Waals surface area contributed by atoms with Gasteiger partial charge >= 0.3 is 0 Å². The first-order valence-corrected chi connectivity index (χ1v) is 6.36. The van der Waals surface area contributed by atoms with Gasteiger partial charge in [-0.2, -0.15) is 0 Å². The number of carbonyl (C=O) groups is 3. The van der Waals surface area contributed by atoms with Crippen molar-refractivity contribution in [3.63, 3.8) is 0 Å². The van der Waals surface area contributed by atoms with E-state index in [9.17, 15) is 24.5 Å². The maximum Gasteiger partial charge on any atom is 0.293 e. The van der Waals surface area contributed by atoms with Crippen molar-refractivity contribution in [3.05, 3.63) is 46.5 Å². The maximum absolute atomic E-state index is 10.9. The molecule has 2 amide bonds. The molecular weight excluding hydrogens is 308 g/mol. The molecule has 0 N–H and O–H groups in total. The summed E-state index contributed by atoms with van der Waals surface area (Å²) in [6.45, 7) is 0.435. The van der Waals surface area contributed by atoms with Gasteiger partial charge < -0.3 is 9.47 Å². The summed E-state index contributed by atoms with van der Waals surface area (Å²) >= 11 is 0. The number of ether oxygens (including phenoxy) is 2. The molecular formula is C14H14N2O7. The average molecular weight is 322 g/mol. The van der Waals surface area contributed by atoms with Gasteiger partial charge in [0.15, 0.2) is 0 Å². The van der Waals surface area contributed by atoms with Crippen LogP contribution in [0.15, 0.2) is 36.4 Å². The van der Waals surface area contributed by atoms with E-state index in [4.69, 9.17) is 4.74 Å². The lowest BCUT2D eigenvalue weighted by Crippen LogP contribution is -2.33. The van der Waals surface area contributed by atoms with E-state index in [0.717, 1.165) is 4.90 Å². The fourth-order valence-electron chi connectivity index (χ4n) is 1.55. The number of imide groups is 1. The number of hydrogen-bond acceptors (Lipinski definition) is 7. The predicted octanol–water partition coefficient (Wildman–Crippen LogP) is 0.688. The monoisotopic (exact) mass is 322 g/mol. The number of nitrogens with zero attached hydrogens (tertiary/aromatic N) is 2. The lowest BCUT2D eigenvalue weighted by molar-refractivity contribution is -0.384. The highest BCUT2D eigenvalue weighted by Gasteiger charge is 2.22. The zero-order chi connectivity index (χ0) is 17.2. The van der Waals surface area contributed by atoms with E-state index >= 15 is 0 Å². The molecule has 0 saturated carbocycles. The zero-order valence-electron chi connectivity index (χ0n) is 12.2. The first kappa shape index (κ1) is 17.8. The second-order valence-electron chi connectivity index (χ2n) is 4.08. The Balaban J connectivity index is 0.000000231. The van der Waals surface area contributed by atoms with E-state index < -0.39 is 4.92 Å². The second-order valence-corrected chi connectivity index (χ2v) is 4.08. The number of non-ortho nitro benzene ring substituents is 1. The van der Waals surface area contributed by atoms with E-state index in [1.54, 1.807) is 12.1 Å². The Labute approximate surface area is 131 Å². The van der Waals surface area contributed by atoms with Crippen molar-refractivity contribution in [2.75, 3.05) is 20.3 Å². The van der Waals surface area contributed by atoms with Crippen molar-refractivity contribution in [2.45, 2.75) is 0 Å². The van der Waals surface area contributed by atoms with Crippen LogP contribution in [0.1, 0.15) is 0 Å². The number of nitro benzene ring substituents is 1. The predicted molar refractivity (Wildman–Crippen MR) is 77.5 cm³/mol. The topological polar surface area (TPSA) is 116 Å². The quantitative estimate of drug-likeness (QED) is 0.249. The van der Waals surface area contributed by atoms with Gasteiger partial charge in [0.25, 0.3) is 24.0 Å². The lowest BCUT2D eigenvalue weighted by Gasteiger charge is -2.11. The van der Waals surface area contributed by atoms with Gasteiger partial charge in [-0.05, 0) is 12.1 Å². The molecule has 1 aromatic rings. The molecule has 1 aliphatic heterocycles. The summed E-state index contributed by atoms with van der Waals surface area (Å²) < 4.78 is 9.16. The highest BCUT2D eigenvalue weighted by Crippen LogP contribution is 2.16. The summed E-state index contributed by atoms with van der Waals surface area (Å²) in [5.74, 6) is -0.111. The first-order valence-electron chi connectivity index (χ1n) is 6.36. The van der Waals surface area contributed by atoms with Gasteiger partial charge in [-0.3, -0.25) is 29.4 Å². The van der Waals surface area contributed by atoms with Gasteiger partial charge in [0.05, 0.1) is 18.6 Å². The Morgan fingerprint density at radius 3 is 2.17 bits per heavy atom. The van der Waals surface area contributed by atoms with Crippen LogP contribution in [0.5, 0.6) is 5.75 Å². The summed E-state index contributed by atoms with van der Waals surface area (Å²) in [5, 5.41) is 10.2. The average Bonchev–Trinajstić information content (AvgIpc) is 2.87. The molecule has 9 heteroatoms. The number of carbonyl (C=O) groups excluding carboxylic acids is 3. The van der Waals surface area contributed by atoms with Crippen LogP contribution in [0, 0.1) is 10.1 Å². The fourth-order valence-corrected chi connectivity index (χ4v) is 1.55. The standard InChI is InChI=1S/C7H7NO4.C7H7NO3/c9-5-12-4-3-8-6(10)1-2-7(8)11;1-11-7-4-2-6(3-5-7)8(9)10/h1-2,5H,3-4H2;2-5H,1H3. The van der Waals surface area contributed by atoms with Crippen LogP contribution >= 0.6 is 0 Å². The molecule has 23 heavy (non-hydrogen) atoms. The van der Waals surface area contributed by atoms with Gasteiger partial charge in [-0.25, -0.2) is 0 Å². The molecule has 0 saturated heterocycles. The zero-order valence-corrected chi connectivity index (χ0v) is 12.2. The Hall–Kier alpha value is -3.23. The molecule has 0 spiro atoms. The number of amides is 2. The van der Waals surface area contributed by atoms with Crippen molar-refractivity contribution >= 4 is 24.0 Å². The third-order valence-corrected chi connectivity index (χ3v) is 2.68. The van der Waals surface area contributed by atoms with E-state index in [0.29, 0.717) is 5.75 Å². The van der Waals surface area contributed by atoms with Crippen LogP contribution < -0.4 is 4.74 Å². The number of hydrogen-bond donors (Lipinski definition) is 0. The minimum Gasteiger partial charge on any atom is -0.497 e. The van der Waals surface area contributed by atoms with Crippen LogP contribution in [-0.4, -0.2) is 48.4 Å². The van der Waals surface area contributed by atoms with Crippen molar-refractivity contribution in [1.82, 2.24) is 4.90 Å². The van der Waals surface area contributed by atoms with Crippen LogP contribution in [0.4, 0.5) is 5.69 Å². The van der Waals surface area contributed by atoms with Gasteiger partial charge in [0.1, 0.15) is 12.4 Å². The van der Waals surface area contributed by atoms with E-state index in [1.165, 1.54) is 31.4 Å². The van der Waals surface area contributed by atoms with E-state index in [1.807, 2.05) is 0 Å². The molecule has 0 radical (unpaired) electrons. The highest BCUT2D eigenvalue weighted by atomic mass is 16.6. The third-order valence-electron chi connectivity index (χ3n) is 2.68. The normalized spacial score (nSPS) is 12.5. The molecule has 0 bridgehead atoms. The van der Waals surface area contributed by atoms with E-state index in [-0.39, 0.29) is 37.1 Å². The van der Waals surface area contributed by atoms with Gasteiger partial charge in [-0.1, -0.05) is 0 Å². The second kappa shape index (κ2) is 8.93. The number of methoxy groups -OCH3 is 1. The maximum atomic E-state index is 10.9. The first-order chi connectivity index (χ1) is 11.0. The Morgan fingerprint density at radius 1 is 1.17 bits per heavy atom. The molecule has 122 valence electrons. The van der Waals surface area contributed by atoms with Crippen LogP contribution in [-0.2, 0) is 19.1 Å². The third kappa shape index (κ3) is 5.58. The fraction of sp³-hybridized carbons (Fsp3) is 0.214. The summed E-state index contributed by atoms with van der Waals surface area (Å²) in [4.78, 5) is 42.1. The smallest absolute Gasteiger partial charge is 0.293 e. The SMILES string of the molecule is COc1ccc([N+](=O)[O-])cc1.O=COCCN1C(=O)C=CC1=O. The number of rotatable bonds is 6. The van der Waals surface area contributed by atoms with Crippen molar-refractivity contribution < 1.29 is 28.8 Å². The van der Waals surface area contributed by atoms with Crippen molar-refractivity contribution in [2.24, 2.45) is 0 Å². The lowest BCUT2D eigenvalue weighted by atomic mass is 10.3. The molecule has 1 aromatic carbocycles. The molecule has 0 fully saturated rings. The minimum atomic E-state index is -0.445. The van der Waals surface area contributed by atoms with Gasteiger partial charge in [0.2, 0.25) is 0 Å². The Bertz CT molecular complexity index is 592. The summed E-state index contributed by atoms with van der Waals surface area (Å²) in [7, 11) is 1.52. The van der Waals surface area contributed by atoms with Crippen LogP contribution in [0.2, 0.25) is 0 Å². The largest absolute Gasteiger partial charge is 0.497 e. The molecule has 2 rings (SSSR count).